The Morgan fingerprint density at radius 3 is 2.78 bits per heavy atom. The number of nitrogens with one attached hydrogen (secondary N) is 1. The number of benzene rings is 1. The number of carbonyl (C=O) groups is 3. The summed E-state index contributed by atoms with van der Waals surface area (Å²) in [5.41, 5.74) is 1.55. The predicted octanol–water partition coefficient (Wildman–Crippen LogP) is 3.77. The van der Waals surface area contributed by atoms with E-state index in [1.165, 1.54) is 17.8 Å². The largest absolute Gasteiger partial charge is 0.497 e. The number of methoxy groups -OCH3 is 1. The molecular weight excluding hydrogens is 428 g/mol. The highest BCUT2D eigenvalue weighted by Gasteiger charge is 2.30. The van der Waals surface area contributed by atoms with E-state index in [0.717, 1.165) is 35.5 Å². The molecule has 0 saturated carbocycles. The fourth-order valence-corrected chi connectivity index (χ4v) is 4.64. The Hall–Kier alpha value is -3.46. The van der Waals surface area contributed by atoms with Crippen LogP contribution in [0.25, 0.3) is 0 Å². The molecule has 2 aromatic heterocycles. The molecule has 9 heteroatoms. The second-order valence-electron chi connectivity index (χ2n) is 7.62. The van der Waals surface area contributed by atoms with Crippen molar-refractivity contribution in [2.45, 2.75) is 32.4 Å². The van der Waals surface area contributed by atoms with Gasteiger partial charge in [0.1, 0.15) is 12.3 Å². The van der Waals surface area contributed by atoms with E-state index in [1.54, 1.807) is 25.4 Å². The number of thiophene rings is 1. The van der Waals surface area contributed by atoms with Crippen LogP contribution in [0.15, 0.2) is 48.8 Å². The third-order valence-corrected chi connectivity index (χ3v) is 6.60. The molecule has 1 aromatic carbocycles. The van der Waals surface area contributed by atoms with E-state index < -0.39 is 0 Å². The van der Waals surface area contributed by atoms with Gasteiger partial charge in [-0.3, -0.25) is 19.1 Å². The van der Waals surface area contributed by atoms with Crippen LogP contribution >= 0.6 is 11.3 Å². The zero-order valence-electron chi connectivity index (χ0n) is 17.9. The number of nitrogens with zero attached hydrogens (tertiary/aromatic N) is 3. The monoisotopic (exact) mass is 452 g/mol. The van der Waals surface area contributed by atoms with Crippen molar-refractivity contribution < 1.29 is 19.1 Å². The summed E-state index contributed by atoms with van der Waals surface area (Å²) < 4.78 is 6.84. The lowest BCUT2D eigenvalue weighted by Crippen LogP contribution is -2.33. The van der Waals surface area contributed by atoms with Gasteiger partial charge in [-0.25, -0.2) is 0 Å². The minimum Gasteiger partial charge on any atom is -0.497 e. The molecule has 1 atom stereocenters. The minimum atomic E-state index is -0.314. The SMILES string of the molecule is COc1cccc([C@H]2CCCN2C(=O)Cn2cc(NC(=O)c3ccc(C(C)=O)s3)cn2)c1. The maximum absolute atomic E-state index is 13.0. The van der Waals surface area contributed by atoms with Crippen molar-refractivity contribution in [3.05, 3.63) is 64.1 Å². The quantitative estimate of drug-likeness (QED) is 0.551. The Morgan fingerprint density at radius 2 is 2.03 bits per heavy atom. The zero-order valence-corrected chi connectivity index (χ0v) is 18.7. The molecule has 0 bridgehead atoms. The Bertz CT molecular complexity index is 1150. The molecule has 166 valence electrons. The van der Waals surface area contributed by atoms with Gasteiger partial charge in [0.2, 0.25) is 5.91 Å². The maximum Gasteiger partial charge on any atom is 0.265 e. The Kier molecular flexibility index (Phi) is 6.36. The molecule has 0 aliphatic carbocycles. The van der Waals surface area contributed by atoms with Crippen molar-refractivity contribution in [3.63, 3.8) is 0 Å². The molecule has 0 spiro atoms. The van der Waals surface area contributed by atoms with Gasteiger partial charge in [0.25, 0.3) is 5.91 Å². The third kappa shape index (κ3) is 4.72. The topological polar surface area (TPSA) is 93.5 Å². The number of carbonyl (C=O) groups excluding carboxylic acids is 3. The average Bonchev–Trinajstić information content (AvgIpc) is 3.54. The number of amides is 2. The lowest BCUT2D eigenvalue weighted by Gasteiger charge is -2.25. The first-order valence-corrected chi connectivity index (χ1v) is 11.1. The summed E-state index contributed by atoms with van der Waals surface area (Å²) in [5, 5.41) is 6.98. The molecule has 8 nitrogen and oxygen atoms in total. The van der Waals surface area contributed by atoms with Crippen molar-refractivity contribution in [2.75, 3.05) is 19.0 Å². The van der Waals surface area contributed by atoms with Crippen molar-refractivity contribution >= 4 is 34.6 Å². The lowest BCUT2D eigenvalue weighted by molar-refractivity contribution is -0.133. The van der Waals surface area contributed by atoms with Crippen LogP contribution in [0.1, 0.15) is 50.7 Å². The molecule has 1 saturated heterocycles. The van der Waals surface area contributed by atoms with Gasteiger partial charge in [0.05, 0.1) is 34.8 Å². The molecule has 2 amide bonds. The summed E-state index contributed by atoms with van der Waals surface area (Å²) in [4.78, 5) is 39.7. The van der Waals surface area contributed by atoms with Gasteiger partial charge in [0, 0.05) is 12.7 Å². The van der Waals surface area contributed by atoms with E-state index in [0.29, 0.717) is 22.0 Å². The number of rotatable bonds is 7. The summed E-state index contributed by atoms with van der Waals surface area (Å²) in [5.74, 6) is 0.358. The smallest absolute Gasteiger partial charge is 0.265 e. The molecule has 1 aliphatic heterocycles. The van der Waals surface area contributed by atoms with Gasteiger partial charge in [0.15, 0.2) is 5.78 Å². The first kappa shape index (κ1) is 21.8. The van der Waals surface area contributed by atoms with Crippen LogP contribution in [0.2, 0.25) is 0 Å². The van der Waals surface area contributed by atoms with Gasteiger partial charge in [-0.1, -0.05) is 12.1 Å². The van der Waals surface area contributed by atoms with Gasteiger partial charge >= 0.3 is 0 Å². The second-order valence-corrected chi connectivity index (χ2v) is 8.71. The number of Topliss-reactive ketones (excluding diaryl/α,β-unsaturated/α-hetero) is 1. The summed E-state index contributed by atoms with van der Waals surface area (Å²) >= 11 is 1.14. The van der Waals surface area contributed by atoms with Crippen molar-refractivity contribution in [2.24, 2.45) is 0 Å². The lowest BCUT2D eigenvalue weighted by atomic mass is 10.0. The Balaban J connectivity index is 1.39. The summed E-state index contributed by atoms with van der Waals surface area (Å²) in [7, 11) is 1.63. The highest BCUT2D eigenvalue weighted by atomic mass is 32.1. The van der Waals surface area contributed by atoms with Crippen LogP contribution in [0.3, 0.4) is 0 Å². The molecule has 0 radical (unpaired) electrons. The number of hydrogen-bond donors (Lipinski definition) is 1. The second kappa shape index (κ2) is 9.35. The number of ether oxygens (including phenoxy) is 1. The van der Waals surface area contributed by atoms with E-state index in [9.17, 15) is 14.4 Å². The number of hydrogen-bond acceptors (Lipinski definition) is 6. The molecular formula is C23H24N4O4S. The molecule has 3 aromatic rings. The van der Waals surface area contributed by atoms with Crippen molar-refractivity contribution in [3.8, 4) is 5.75 Å². The normalized spacial score (nSPS) is 15.6. The molecule has 3 heterocycles. The standard InChI is InChI=1S/C23H24N4O4S/c1-15(28)20-8-9-21(32-20)23(30)25-17-12-24-26(13-17)14-22(29)27-10-4-7-19(27)16-5-3-6-18(11-16)31-2/h3,5-6,8-9,11-13,19H,4,7,10,14H2,1-2H3,(H,25,30)/t19-/m1/s1. The van der Waals surface area contributed by atoms with Crippen LogP contribution in [-0.2, 0) is 11.3 Å². The van der Waals surface area contributed by atoms with Crippen molar-refractivity contribution in [1.82, 2.24) is 14.7 Å². The van der Waals surface area contributed by atoms with Crippen LogP contribution in [-0.4, -0.2) is 45.9 Å². The van der Waals surface area contributed by atoms with Gasteiger partial charge < -0.3 is 15.0 Å². The van der Waals surface area contributed by atoms with Crippen LogP contribution in [0.5, 0.6) is 5.75 Å². The first-order valence-electron chi connectivity index (χ1n) is 10.3. The summed E-state index contributed by atoms with van der Waals surface area (Å²) in [6.07, 6.45) is 4.99. The maximum atomic E-state index is 13.0. The highest BCUT2D eigenvalue weighted by Crippen LogP contribution is 2.33. The highest BCUT2D eigenvalue weighted by molar-refractivity contribution is 7.16. The van der Waals surface area contributed by atoms with E-state index >= 15 is 0 Å². The van der Waals surface area contributed by atoms with Crippen LogP contribution < -0.4 is 10.1 Å². The fraction of sp³-hybridized carbons (Fsp3) is 0.304. The summed E-state index contributed by atoms with van der Waals surface area (Å²) in [6.45, 7) is 2.25. The van der Waals surface area contributed by atoms with Gasteiger partial charge in [-0.2, -0.15) is 5.10 Å². The predicted molar refractivity (Wildman–Crippen MR) is 121 cm³/mol. The molecule has 1 aliphatic rings. The van der Waals surface area contributed by atoms with Crippen LogP contribution in [0, 0.1) is 0 Å². The van der Waals surface area contributed by atoms with E-state index in [2.05, 4.69) is 10.4 Å². The Labute approximate surface area is 189 Å². The zero-order chi connectivity index (χ0) is 22.7. The Morgan fingerprint density at radius 1 is 1.22 bits per heavy atom. The minimum absolute atomic E-state index is 0.0154. The van der Waals surface area contributed by atoms with Crippen LogP contribution in [0.4, 0.5) is 5.69 Å². The third-order valence-electron chi connectivity index (χ3n) is 5.42. The van der Waals surface area contributed by atoms with Crippen molar-refractivity contribution in [1.29, 1.82) is 0 Å². The molecule has 4 rings (SSSR count). The fourth-order valence-electron chi connectivity index (χ4n) is 3.85. The van der Waals surface area contributed by atoms with Gasteiger partial charge in [-0.05, 0) is 49.6 Å². The number of ketones is 1. The van der Waals surface area contributed by atoms with Gasteiger partial charge in [-0.15, -0.1) is 11.3 Å². The molecule has 32 heavy (non-hydrogen) atoms. The molecule has 1 N–H and O–H groups in total. The average molecular weight is 453 g/mol. The molecule has 1 fully saturated rings. The van der Waals surface area contributed by atoms with E-state index in [-0.39, 0.29) is 30.2 Å². The summed E-state index contributed by atoms with van der Waals surface area (Å²) in [6, 6.07) is 11.1. The number of aromatic nitrogens is 2. The molecule has 0 unspecified atom stereocenters. The number of likely N-dealkylation sites (tertiary alicyclic amines) is 1. The number of anilines is 1. The van der Waals surface area contributed by atoms with E-state index in [1.807, 2.05) is 29.2 Å². The van der Waals surface area contributed by atoms with E-state index in [4.69, 9.17) is 4.74 Å². The first-order chi connectivity index (χ1) is 15.4.